The van der Waals surface area contributed by atoms with Gasteiger partial charge >= 0.3 is 0 Å². The Labute approximate surface area is 91.2 Å². The van der Waals surface area contributed by atoms with Crippen LogP contribution in [0.15, 0.2) is 24.8 Å². The third kappa shape index (κ3) is 2.22. The summed E-state index contributed by atoms with van der Waals surface area (Å²) >= 11 is 2.13. The summed E-state index contributed by atoms with van der Waals surface area (Å²) in [5.41, 5.74) is 8.20. The summed E-state index contributed by atoms with van der Waals surface area (Å²) in [7, 11) is 0. The number of benzene rings is 1. The average molecular weight is 284 g/mol. The summed E-state index contributed by atoms with van der Waals surface area (Å²) in [5, 5.41) is 8.73. The molecule has 1 rings (SSSR count). The van der Waals surface area contributed by atoms with Crippen molar-refractivity contribution < 1.29 is 0 Å². The zero-order valence-electron chi connectivity index (χ0n) is 7.05. The molecule has 0 saturated heterocycles. The molecule has 13 heavy (non-hydrogen) atoms. The van der Waals surface area contributed by atoms with Gasteiger partial charge in [-0.3, -0.25) is 0 Å². The van der Waals surface area contributed by atoms with Gasteiger partial charge in [-0.05, 0) is 46.7 Å². The first-order valence-electron chi connectivity index (χ1n) is 3.78. The largest absolute Gasteiger partial charge is 0.398 e. The van der Waals surface area contributed by atoms with Crippen LogP contribution >= 0.6 is 22.6 Å². The van der Waals surface area contributed by atoms with Crippen LogP contribution in [0.4, 0.5) is 5.69 Å². The van der Waals surface area contributed by atoms with Crippen molar-refractivity contribution in [3.63, 3.8) is 0 Å². The van der Waals surface area contributed by atoms with Crippen molar-refractivity contribution in [3.05, 3.63) is 39.5 Å². The van der Waals surface area contributed by atoms with Gasteiger partial charge < -0.3 is 5.73 Å². The molecule has 1 aromatic rings. The van der Waals surface area contributed by atoms with E-state index in [2.05, 4.69) is 35.2 Å². The van der Waals surface area contributed by atoms with Gasteiger partial charge in [0.1, 0.15) is 0 Å². The highest BCUT2D eigenvalue weighted by molar-refractivity contribution is 14.1. The molecular formula is C10H9IN2. The number of nitriles is 1. The van der Waals surface area contributed by atoms with Gasteiger partial charge in [-0.25, -0.2) is 0 Å². The van der Waals surface area contributed by atoms with Gasteiger partial charge in [-0.1, -0.05) is 6.08 Å². The van der Waals surface area contributed by atoms with E-state index in [0.29, 0.717) is 12.0 Å². The Hall–Kier alpha value is -1.02. The molecule has 0 aromatic heterocycles. The topological polar surface area (TPSA) is 49.8 Å². The molecule has 0 radical (unpaired) electrons. The number of nitrogens with two attached hydrogens (primary N) is 1. The smallest absolute Gasteiger partial charge is 0.0992 e. The molecule has 0 amide bonds. The Morgan fingerprint density at radius 3 is 2.85 bits per heavy atom. The Morgan fingerprint density at radius 2 is 2.31 bits per heavy atom. The van der Waals surface area contributed by atoms with Crippen LogP contribution in [-0.2, 0) is 6.42 Å². The lowest BCUT2D eigenvalue weighted by Crippen LogP contribution is -1.97. The third-order valence-corrected chi connectivity index (χ3v) is 2.60. The Morgan fingerprint density at radius 1 is 1.62 bits per heavy atom. The van der Waals surface area contributed by atoms with Crippen LogP contribution in [0, 0.1) is 14.9 Å². The lowest BCUT2D eigenvalue weighted by atomic mass is 10.1. The Kier molecular flexibility index (Phi) is 3.32. The normalized spacial score (nSPS) is 9.23. The van der Waals surface area contributed by atoms with Gasteiger partial charge in [-0.15, -0.1) is 6.58 Å². The van der Waals surface area contributed by atoms with Crippen molar-refractivity contribution in [1.29, 1.82) is 5.26 Å². The molecule has 0 fully saturated rings. The van der Waals surface area contributed by atoms with Gasteiger partial charge in [0.05, 0.1) is 11.6 Å². The zero-order valence-corrected chi connectivity index (χ0v) is 9.21. The van der Waals surface area contributed by atoms with Crippen LogP contribution < -0.4 is 5.73 Å². The van der Waals surface area contributed by atoms with Crippen LogP contribution in [0.5, 0.6) is 0 Å². The van der Waals surface area contributed by atoms with Crippen molar-refractivity contribution in [2.75, 3.05) is 5.73 Å². The maximum Gasteiger partial charge on any atom is 0.0992 e. The first-order valence-corrected chi connectivity index (χ1v) is 4.85. The number of nitrogen functional groups attached to an aromatic ring is 1. The molecule has 0 aliphatic carbocycles. The predicted octanol–water partition coefficient (Wildman–Crippen LogP) is 2.47. The molecular weight excluding hydrogens is 275 g/mol. The second kappa shape index (κ2) is 4.28. The Bertz CT molecular complexity index is 377. The van der Waals surface area contributed by atoms with E-state index < -0.39 is 0 Å². The molecule has 3 heteroatoms. The van der Waals surface area contributed by atoms with Crippen LogP contribution in [0.1, 0.15) is 11.1 Å². The minimum absolute atomic E-state index is 0.649. The molecule has 0 spiro atoms. The quantitative estimate of drug-likeness (QED) is 0.515. The molecule has 0 heterocycles. The summed E-state index contributed by atoms with van der Waals surface area (Å²) in [6.07, 6.45) is 2.49. The maximum atomic E-state index is 8.73. The van der Waals surface area contributed by atoms with Crippen LogP contribution in [0.25, 0.3) is 0 Å². The summed E-state index contributed by atoms with van der Waals surface area (Å²) < 4.78 is 0.925. The van der Waals surface area contributed by atoms with Gasteiger partial charge in [0, 0.05) is 9.26 Å². The highest BCUT2D eigenvalue weighted by atomic mass is 127. The number of hydrogen-bond donors (Lipinski definition) is 1. The molecule has 2 N–H and O–H groups in total. The van der Waals surface area contributed by atoms with E-state index in [-0.39, 0.29) is 0 Å². The van der Waals surface area contributed by atoms with E-state index in [1.165, 1.54) is 0 Å². The van der Waals surface area contributed by atoms with E-state index in [1.807, 2.05) is 0 Å². The second-order valence-corrected chi connectivity index (χ2v) is 3.80. The zero-order chi connectivity index (χ0) is 9.84. The molecule has 0 unspecified atom stereocenters. The molecule has 2 nitrogen and oxygen atoms in total. The highest BCUT2D eigenvalue weighted by Crippen LogP contribution is 2.22. The number of nitrogens with zero attached hydrogens (tertiary/aromatic N) is 1. The van der Waals surface area contributed by atoms with Crippen molar-refractivity contribution in [1.82, 2.24) is 0 Å². The van der Waals surface area contributed by atoms with E-state index in [4.69, 9.17) is 11.0 Å². The van der Waals surface area contributed by atoms with Crippen LogP contribution in [0.2, 0.25) is 0 Å². The molecule has 66 valence electrons. The van der Waals surface area contributed by atoms with Crippen LogP contribution in [-0.4, -0.2) is 0 Å². The minimum Gasteiger partial charge on any atom is -0.398 e. The fourth-order valence-corrected chi connectivity index (χ4v) is 1.75. The van der Waals surface area contributed by atoms with Crippen molar-refractivity contribution in [2.24, 2.45) is 0 Å². The first-order chi connectivity index (χ1) is 6.19. The van der Waals surface area contributed by atoms with Crippen molar-refractivity contribution >= 4 is 28.3 Å². The number of rotatable bonds is 2. The van der Waals surface area contributed by atoms with Gasteiger partial charge in [-0.2, -0.15) is 5.26 Å². The average Bonchev–Trinajstić information content (AvgIpc) is 2.13. The SMILES string of the molecule is C=CCc1cc(C#N)cc(I)c1N. The second-order valence-electron chi connectivity index (χ2n) is 2.64. The molecule has 0 atom stereocenters. The maximum absolute atomic E-state index is 8.73. The predicted molar refractivity (Wildman–Crippen MR) is 62.2 cm³/mol. The summed E-state index contributed by atoms with van der Waals surface area (Å²) in [4.78, 5) is 0. The first kappa shape index (κ1) is 10.1. The van der Waals surface area contributed by atoms with Gasteiger partial charge in [0.25, 0.3) is 0 Å². The number of halogens is 1. The summed E-state index contributed by atoms with van der Waals surface area (Å²) in [6, 6.07) is 5.68. The summed E-state index contributed by atoms with van der Waals surface area (Å²) in [5.74, 6) is 0. The number of allylic oxidation sites excluding steroid dienone is 1. The van der Waals surface area contributed by atoms with Gasteiger partial charge in [0.2, 0.25) is 0 Å². The summed E-state index contributed by atoms with van der Waals surface area (Å²) in [6.45, 7) is 3.64. The van der Waals surface area contributed by atoms with E-state index in [1.54, 1.807) is 18.2 Å². The van der Waals surface area contributed by atoms with E-state index in [9.17, 15) is 0 Å². The monoisotopic (exact) mass is 284 g/mol. The lowest BCUT2D eigenvalue weighted by Gasteiger charge is -2.05. The highest BCUT2D eigenvalue weighted by Gasteiger charge is 2.04. The molecule has 0 bridgehead atoms. The molecule has 0 aliphatic rings. The fraction of sp³-hybridized carbons (Fsp3) is 0.100. The number of anilines is 1. The Balaban J connectivity index is 3.26. The fourth-order valence-electron chi connectivity index (χ4n) is 1.06. The molecule has 1 aromatic carbocycles. The van der Waals surface area contributed by atoms with Crippen LogP contribution in [0.3, 0.4) is 0 Å². The molecule has 0 aliphatic heterocycles. The van der Waals surface area contributed by atoms with E-state index >= 15 is 0 Å². The number of hydrogen-bond acceptors (Lipinski definition) is 2. The standard InChI is InChI=1S/C10H9IN2/c1-2-3-8-4-7(6-12)5-9(11)10(8)13/h2,4-5H,1,3,13H2. The van der Waals surface area contributed by atoms with Crippen molar-refractivity contribution in [2.45, 2.75) is 6.42 Å². The minimum atomic E-state index is 0.649. The van der Waals surface area contributed by atoms with Crippen molar-refractivity contribution in [3.8, 4) is 6.07 Å². The van der Waals surface area contributed by atoms with E-state index in [0.717, 1.165) is 14.8 Å². The molecule has 0 saturated carbocycles. The van der Waals surface area contributed by atoms with Gasteiger partial charge in [0.15, 0.2) is 0 Å². The third-order valence-electron chi connectivity index (χ3n) is 1.71. The lowest BCUT2D eigenvalue weighted by molar-refractivity contribution is 1.26.